The summed E-state index contributed by atoms with van der Waals surface area (Å²) in [7, 11) is 0. The first kappa shape index (κ1) is 16.1. The summed E-state index contributed by atoms with van der Waals surface area (Å²) in [6.45, 7) is 0. The summed E-state index contributed by atoms with van der Waals surface area (Å²) in [5, 5.41) is 0. The van der Waals surface area contributed by atoms with E-state index in [2.05, 4.69) is 0 Å². The third kappa shape index (κ3) is 3.47. The minimum Gasteiger partial charge on any atom is -0.366 e. The zero-order chi connectivity index (χ0) is 16.3. The number of halogens is 2. The van der Waals surface area contributed by atoms with Gasteiger partial charge in [-0.2, -0.15) is 0 Å². The maximum atomic E-state index is 11.1. The highest BCUT2D eigenvalue weighted by Crippen LogP contribution is 2.31. The molecule has 0 aliphatic rings. The average molecular weight is 335 g/mol. The van der Waals surface area contributed by atoms with E-state index in [0.717, 1.165) is 11.1 Å². The topological polar surface area (TPSA) is 86.2 Å². The first-order valence-corrected chi connectivity index (χ1v) is 7.01. The summed E-state index contributed by atoms with van der Waals surface area (Å²) >= 11 is 12.0. The van der Waals surface area contributed by atoms with Crippen molar-refractivity contribution in [1.29, 1.82) is 0 Å². The molecule has 112 valence electrons. The Balaban J connectivity index is 2.45. The summed E-state index contributed by atoms with van der Waals surface area (Å²) in [6.07, 6.45) is 0. The van der Waals surface area contributed by atoms with Crippen LogP contribution in [0.15, 0.2) is 53.0 Å². The molecule has 4 nitrogen and oxygen atoms in total. The number of carbonyl (C=O) groups excluding carboxylic acids is 2. The monoisotopic (exact) mass is 334 g/mol. The van der Waals surface area contributed by atoms with Crippen molar-refractivity contribution in [2.75, 3.05) is 0 Å². The van der Waals surface area contributed by atoms with E-state index in [4.69, 9.17) is 34.7 Å². The first-order valence-electron chi connectivity index (χ1n) is 6.26. The Morgan fingerprint density at radius 1 is 0.636 bits per heavy atom. The van der Waals surface area contributed by atoms with Gasteiger partial charge in [0, 0.05) is 16.7 Å². The van der Waals surface area contributed by atoms with Gasteiger partial charge < -0.3 is 11.5 Å². The van der Waals surface area contributed by atoms with Gasteiger partial charge in [-0.3, -0.25) is 9.59 Å². The van der Waals surface area contributed by atoms with E-state index in [1.165, 1.54) is 0 Å². The normalized spacial score (nSPS) is 10.1. The second-order valence-electron chi connectivity index (χ2n) is 4.52. The lowest BCUT2D eigenvalue weighted by Gasteiger charge is -2.10. The van der Waals surface area contributed by atoms with E-state index in [1.54, 1.807) is 48.5 Å². The lowest BCUT2D eigenvalue weighted by Crippen LogP contribution is -2.11. The summed E-state index contributed by atoms with van der Waals surface area (Å²) in [6, 6.07) is 13.1. The predicted molar refractivity (Wildman–Crippen MR) is 87.6 cm³/mol. The SMILES string of the molecule is NC(=O)c1ccc(C(=C(Cl)Cl)c2ccc(C(N)=O)cc2)cc1. The van der Waals surface area contributed by atoms with Crippen LogP contribution in [0, 0.1) is 0 Å². The molecule has 0 aliphatic carbocycles. The van der Waals surface area contributed by atoms with Gasteiger partial charge in [0.25, 0.3) is 0 Å². The van der Waals surface area contributed by atoms with Crippen molar-refractivity contribution in [1.82, 2.24) is 0 Å². The molecule has 2 aromatic rings. The van der Waals surface area contributed by atoms with Crippen LogP contribution in [0.1, 0.15) is 31.8 Å². The molecule has 0 atom stereocenters. The van der Waals surface area contributed by atoms with Gasteiger partial charge in [0.15, 0.2) is 0 Å². The smallest absolute Gasteiger partial charge is 0.248 e. The van der Waals surface area contributed by atoms with Gasteiger partial charge in [-0.1, -0.05) is 47.5 Å². The predicted octanol–water partition coefficient (Wildman–Crippen LogP) is 3.08. The number of amides is 2. The van der Waals surface area contributed by atoms with E-state index in [-0.39, 0.29) is 4.49 Å². The molecular formula is C16H12Cl2N2O2. The third-order valence-corrected chi connectivity index (χ3v) is 3.48. The lowest BCUT2D eigenvalue weighted by molar-refractivity contribution is 0.0992. The van der Waals surface area contributed by atoms with Crippen molar-refractivity contribution in [3.8, 4) is 0 Å². The molecule has 4 N–H and O–H groups in total. The molecule has 0 saturated heterocycles. The molecule has 2 amide bonds. The molecule has 0 aliphatic heterocycles. The van der Waals surface area contributed by atoms with Gasteiger partial charge in [0.1, 0.15) is 4.49 Å². The van der Waals surface area contributed by atoms with Crippen LogP contribution in [-0.2, 0) is 0 Å². The Bertz CT molecular complexity index is 687. The van der Waals surface area contributed by atoms with Crippen LogP contribution in [0.2, 0.25) is 0 Å². The molecule has 0 unspecified atom stereocenters. The van der Waals surface area contributed by atoms with Gasteiger partial charge >= 0.3 is 0 Å². The van der Waals surface area contributed by atoms with Crippen LogP contribution in [-0.4, -0.2) is 11.8 Å². The Labute approximate surface area is 137 Å². The van der Waals surface area contributed by atoms with Crippen molar-refractivity contribution < 1.29 is 9.59 Å². The standard InChI is InChI=1S/C16H12Cl2N2O2/c17-14(18)13(9-1-5-11(6-2-9)15(19)21)10-3-7-12(8-4-10)16(20)22/h1-8H,(H2,19,21)(H2,20,22). The highest BCUT2D eigenvalue weighted by atomic mass is 35.5. The van der Waals surface area contributed by atoms with Gasteiger partial charge in [-0.25, -0.2) is 0 Å². The summed E-state index contributed by atoms with van der Waals surface area (Å²) in [5.74, 6) is -1.03. The number of hydrogen-bond donors (Lipinski definition) is 2. The van der Waals surface area contributed by atoms with E-state index in [1.807, 2.05) is 0 Å². The summed E-state index contributed by atoms with van der Waals surface area (Å²) in [5.41, 5.74) is 13.2. The van der Waals surface area contributed by atoms with E-state index in [9.17, 15) is 9.59 Å². The van der Waals surface area contributed by atoms with Crippen LogP contribution >= 0.6 is 23.2 Å². The molecule has 2 aromatic carbocycles. The second-order valence-corrected chi connectivity index (χ2v) is 5.47. The molecule has 0 radical (unpaired) electrons. The van der Waals surface area contributed by atoms with Gasteiger partial charge in [0.05, 0.1) is 0 Å². The van der Waals surface area contributed by atoms with E-state index < -0.39 is 11.8 Å². The molecule has 6 heteroatoms. The quantitative estimate of drug-likeness (QED) is 0.900. The third-order valence-electron chi connectivity index (χ3n) is 3.11. The number of hydrogen-bond acceptors (Lipinski definition) is 2. The second kappa shape index (κ2) is 6.64. The number of primary amides is 2. The zero-order valence-electron chi connectivity index (χ0n) is 11.3. The van der Waals surface area contributed by atoms with Crippen molar-refractivity contribution in [3.63, 3.8) is 0 Å². The number of benzene rings is 2. The first-order chi connectivity index (χ1) is 10.4. The van der Waals surface area contributed by atoms with E-state index >= 15 is 0 Å². The fourth-order valence-electron chi connectivity index (χ4n) is 1.99. The van der Waals surface area contributed by atoms with Gasteiger partial charge in [-0.05, 0) is 35.4 Å². The van der Waals surface area contributed by atoms with Crippen LogP contribution in [0.4, 0.5) is 0 Å². The minimum atomic E-state index is -0.514. The number of nitrogens with two attached hydrogens (primary N) is 2. The molecule has 0 saturated carbocycles. The number of carbonyl (C=O) groups is 2. The van der Waals surface area contributed by atoms with Crippen molar-refractivity contribution in [2.45, 2.75) is 0 Å². The molecule has 0 bridgehead atoms. The minimum absolute atomic E-state index is 0.0682. The van der Waals surface area contributed by atoms with Crippen molar-refractivity contribution in [3.05, 3.63) is 75.3 Å². The molecule has 0 fully saturated rings. The van der Waals surface area contributed by atoms with Crippen LogP contribution < -0.4 is 11.5 Å². The maximum Gasteiger partial charge on any atom is 0.248 e. The highest BCUT2D eigenvalue weighted by molar-refractivity contribution is 6.59. The largest absolute Gasteiger partial charge is 0.366 e. The molecule has 0 spiro atoms. The molecule has 2 rings (SSSR count). The maximum absolute atomic E-state index is 11.1. The fourth-order valence-corrected chi connectivity index (χ4v) is 2.42. The average Bonchev–Trinajstić information content (AvgIpc) is 2.48. The Kier molecular flexibility index (Phi) is 4.85. The van der Waals surface area contributed by atoms with Crippen molar-refractivity contribution in [2.24, 2.45) is 11.5 Å². The van der Waals surface area contributed by atoms with Gasteiger partial charge in [0.2, 0.25) is 11.8 Å². The summed E-state index contributed by atoms with van der Waals surface area (Å²) < 4.78 is 0.0682. The fraction of sp³-hybridized carbons (Fsp3) is 0. The zero-order valence-corrected chi connectivity index (χ0v) is 12.9. The van der Waals surface area contributed by atoms with Crippen LogP contribution in [0.25, 0.3) is 5.57 Å². The Morgan fingerprint density at radius 3 is 1.14 bits per heavy atom. The molecule has 0 heterocycles. The van der Waals surface area contributed by atoms with Crippen molar-refractivity contribution >= 4 is 40.6 Å². The summed E-state index contributed by atoms with van der Waals surface area (Å²) in [4.78, 5) is 22.2. The Morgan fingerprint density at radius 2 is 0.909 bits per heavy atom. The lowest BCUT2D eigenvalue weighted by atomic mass is 9.97. The van der Waals surface area contributed by atoms with Crippen LogP contribution in [0.3, 0.4) is 0 Å². The van der Waals surface area contributed by atoms with Gasteiger partial charge in [-0.15, -0.1) is 0 Å². The molecular weight excluding hydrogens is 323 g/mol. The van der Waals surface area contributed by atoms with Crippen LogP contribution in [0.5, 0.6) is 0 Å². The number of rotatable bonds is 4. The highest BCUT2D eigenvalue weighted by Gasteiger charge is 2.11. The molecule has 0 aromatic heterocycles. The van der Waals surface area contributed by atoms with E-state index in [0.29, 0.717) is 16.7 Å². The molecule has 22 heavy (non-hydrogen) atoms. The Hall–Kier alpha value is -2.30.